The summed E-state index contributed by atoms with van der Waals surface area (Å²) < 4.78 is 4.72. The monoisotopic (exact) mass is 715 g/mol. The lowest BCUT2D eigenvalue weighted by Crippen LogP contribution is -1.98. The molecule has 0 fully saturated rings. The van der Waals surface area contributed by atoms with E-state index in [0.717, 1.165) is 61.9 Å². The largest absolute Gasteiger partial charge is 0.309 e. The molecule has 5 heteroatoms. The van der Waals surface area contributed by atoms with Crippen molar-refractivity contribution in [2.45, 2.75) is 0 Å². The zero-order chi connectivity index (χ0) is 37.0. The van der Waals surface area contributed by atoms with Crippen LogP contribution >= 0.6 is 0 Å². The van der Waals surface area contributed by atoms with Gasteiger partial charge in [-0.05, 0) is 72.8 Å². The zero-order valence-electron chi connectivity index (χ0n) is 30.3. The number of rotatable bonds is 6. The molecule has 0 aliphatic heterocycles. The molecule has 0 saturated heterocycles. The predicted octanol–water partition coefficient (Wildman–Crippen LogP) is 12.7. The van der Waals surface area contributed by atoms with Crippen molar-refractivity contribution in [2.24, 2.45) is 0 Å². The molecule has 0 spiro atoms. The van der Waals surface area contributed by atoms with E-state index in [1.165, 1.54) is 32.6 Å². The SMILES string of the molecule is c1ccc(-c2cc(-c3ccccc3)nc(-c3cccc(-c4ccc5c(c4)c4ccccc4n5-c4ccc(-n5c6ccccc6c6ccccc65)cc4)n3)n2)cc1. The van der Waals surface area contributed by atoms with Crippen LogP contribution in [0.5, 0.6) is 0 Å². The minimum Gasteiger partial charge on any atom is -0.309 e. The molecule has 4 aromatic heterocycles. The number of nitrogens with zero attached hydrogens (tertiary/aromatic N) is 5. The van der Waals surface area contributed by atoms with Gasteiger partial charge in [-0.25, -0.2) is 15.0 Å². The van der Waals surface area contributed by atoms with Gasteiger partial charge in [-0.15, -0.1) is 0 Å². The summed E-state index contributed by atoms with van der Waals surface area (Å²) >= 11 is 0. The number of para-hydroxylation sites is 3. The fourth-order valence-electron chi connectivity index (χ4n) is 8.16. The Hall–Kier alpha value is -7.63. The molecule has 7 aromatic carbocycles. The summed E-state index contributed by atoms with van der Waals surface area (Å²) in [5.41, 5.74) is 13.4. The van der Waals surface area contributed by atoms with Crippen molar-refractivity contribution in [1.29, 1.82) is 0 Å². The van der Waals surface area contributed by atoms with Crippen LogP contribution in [0.15, 0.2) is 200 Å². The second-order valence-corrected chi connectivity index (χ2v) is 14.1. The molecule has 0 atom stereocenters. The summed E-state index contributed by atoms with van der Waals surface area (Å²) in [6.45, 7) is 0. The van der Waals surface area contributed by atoms with E-state index in [1.807, 2.05) is 48.5 Å². The fraction of sp³-hybridized carbons (Fsp3) is 0. The van der Waals surface area contributed by atoms with Crippen LogP contribution in [0.4, 0.5) is 0 Å². The van der Waals surface area contributed by atoms with E-state index in [9.17, 15) is 0 Å². The molecule has 0 bridgehead atoms. The summed E-state index contributed by atoms with van der Waals surface area (Å²) in [4.78, 5) is 15.2. The van der Waals surface area contributed by atoms with Gasteiger partial charge in [0.15, 0.2) is 5.82 Å². The van der Waals surface area contributed by atoms with Crippen molar-refractivity contribution in [3.8, 4) is 56.7 Å². The van der Waals surface area contributed by atoms with Gasteiger partial charge in [0.1, 0.15) is 5.69 Å². The molecule has 0 unspecified atom stereocenters. The Morgan fingerprint density at radius 2 is 0.714 bits per heavy atom. The Balaban J connectivity index is 1.00. The van der Waals surface area contributed by atoms with E-state index in [4.69, 9.17) is 15.0 Å². The summed E-state index contributed by atoms with van der Waals surface area (Å²) in [5.74, 6) is 0.592. The molecule has 0 radical (unpaired) electrons. The zero-order valence-corrected chi connectivity index (χ0v) is 30.3. The van der Waals surface area contributed by atoms with Gasteiger partial charge in [-0.3, -0.25) is 0 Å². The standard InChI is InChI=1S/C51H33N5/c1-3-14-34(15-4-1)45-33-46(35-16-5-2-6-17-35)54-51(53-45)44-22-13-21-43(52-44)36-26-31-50-42(32-36)41-20-9-12-25-49(41)56(50)38-29-27-37(28-30-38)55-47-23-10-7-18-39(47)40-19-8-11-24-48(40)55/h1-33H. The predicted molar refractivity (Wildman–Crippen MR) is 230 cm³/mol. The minimum atomic E-state index is 0.592. The van der Waals surface area contributed by atoms with Gasteiger partial charge in [0.05, 0.1) is 39.1 Å². The smallest absolute Gasteiger partial charge is 0.179 e. The van der Waals surface area contributed by atoms with Crippen molar-refractivity contribution in [3.63, 3.8) is 0 Å². The van der Waals surface area contributed by atoms with Crippen molar-refractivity contribution in [3.05, 3.63) is 200 Å². The number of hydrogen-bond acceptors (Lipinski definition) is 3. The third-order valence-corrected chi connectivity index (χ3v) is 10.8. The van der Waals surface area contributed by atoms with Crippen LogP contribution in [0, 0.1) is 0 Å². The summed E-state index contributed by atoms with van der Waals surface area (Å²) in [5, 5.41) is 4.88. The van der Waals surface area contributed by atoms with Crippen molar-refractivity contribution in [2.75, 3.05) is 0 Å². The number of pyridine rings is 1. The Bertz CT molecular complexity index is 3120. The maximum Gasteiger partial charge on any atom is 0.179 e. The maximum absolute atomic E-state index is 5.18. The number of hydrogen-bond donors (Lipinski definition) is 0. The number of benzene rings is 7. The highest BCUT2D eigenvalue weighted by Crippen LogP contribution is 2.37. The van der Waals surface area contributed by atoms with Crippen LogP contribution in [0.25, 0.3) is 100 Å². The van der Waals surface area contributed by atoms with Crippen LogP contribution in [0.3, 0.4) is 0 Å². The third kappa shape index (κ3) is 5.29. The molecule has 0 saturated carbocycles. The first-order chi connectivity index (χ1) is 27.8. The molecule has 0 aliphatic carbocycles. The molecule has 11 rings (SSSR count). The van der Waals surface area contributed by atoms with Crippen LogP contribution in [0.1, 0.15) is 0 Å². The molecular weight excluding hydrogens is 683 g/mol. The third-order valence-electron chi connectivity index (χ3n) is 10.8. The minimum absolute atomic E-state index is 0.592. The molecule has 5 nitrogen and oxygen atoms in total. The molecule has 0 N–H and O–H groups in total. The first kappa shape index (κ1) is 31.9. The van der Waals surface area contributed by atoms with Gasteiger partial charge in [0, 0.05) is 49.6 Å². The average molecular weight is 716 g/mol. The Labute approximate surface area is 323 Å². The van der Waals surface area contributed by atoms with Gasteiger partial charge >= 0.3 is 0 Å². The molecule has 262 valence electrons. The van der Waals surface area contributed by atoms with Crippen LogP contribution in [-0.2, 0) is 0 Å². The van der Waals surface area contributed by atoms with Crippen molar-refractivity contribution in [1.82, 2.24) is 24.1 Å². The van der Waals surface area contributed by atoms with Gasteiger partial charge in [0.25, 0.3) is 0 Å². The van der Waals surface area contributed by atoms with Crippen molar-refractivity contribution >= 4 is 43.6 Å². The average Bonchev–Trinajstić information content (AvgIpc) is 3.80. The van der Waals surface area contributed by atoms with E-state index < -0.39 is 0 Å². The number of aromatic nitrogens is 5. The Kier molecular flexibility index (Phi) is 7.42. The first-order valence-electron chi connectivity index (χ1n) is 18.9. The molecule has 56 heavy (non-hydrogen) atoms. The lowest BCUT2D eigenvalue weighted by atomic mass is 10.1. The quantitative estimate of drug-likeness (QED) is 0.172. The molecule has 4 heterocycles. The van der Waals surface area contributed by atoms with Crippen LogP contribution < -0.4 is 0 Å². The van der Waals surface area contributed by atoms with E-state index in [2.05, 4.69) is 161 Å². The summed E-state index contributed by atoms with van der Waals surface area (Å²) in [6, 6.07) is 70.2. The Morgan fingerprint density at radius 3 is 1.25 bits per heavy atom. The lowest BCUT2D eigenvalue weighted by molar-refractivity contribution is 1.14. The van der Waals surface area contributed by atoms with Gasteiger partial charge in [-0.1, -0.05) is 127 Å². The highest BCUT2D eigenvalue weighted by atomic mass is 15.0. The second kappa shape index (κ2) is 13.0. The fourth-order valence-corrected chi connectivity index (χ4v) is 8.16. The Morgan fingerprint density at radius 1 is 0.268 bits per heavy atom. The van der Waals surface area contributed by atoms with Crippen LogP contribution in [0.2, 0.25) is 0 Å². The molecule has 0 amide bonds. The van der Waals surface area contributed by atoms with Crippen molar-refractivity contribution < 1.29 is 0 Å². The number of fused-ring (bicyclic) bond motifs is 6. The van der Waals surface area contributed by atoms with Gasteiger partial charge in [0.2, 0.25) is 0 Å². The first-order valence-corrected chi connectivity index (χ1v) is 18.9. The van der Waals surface area contributed by atoms with E-state index >= 15 is 0 Å². The second-order valence-electron chi connectivity index (χ2n) is 14.1. The van der Waals surface area contributed by atoms with E-state index in [-0.39, 0.29) is 0 Å². The summed E-state index contributed by atoms with van der Waals surface area (Å²) in [7, 11) is 0. The topological polar surface area (TPSA) is 48.5 Å². The van der Waals surface area contributed by atoms with Gasteiger partial charge in [-0.2, -0.15) is 0 Å². The maximum atomic E-state index is 5.18. The van der Waals surface area contributed by atoms with Gasteiger partial charge < -0.3 is 9.13 Å². The lowest BCUT2D eigenvalue weighted by Gasteiger charge is -2.12. The molecule has 0 aliphatic rings. The van der Waals surface area contributed by atoms with Crippen LogP contribution in [-0.4, -0.2) is 24.1 Å². The molecular formula is C51H33N5. The molecule has 11 aromatic rings. The normalized spacial score (nSPS) is 11.6. The van der Waals surface area contributed by atoms with E-state index in [1.54, 1.807) is 0 Å². The summed E-state index contributed by atoms with van der Waals surface area (Å²) in [6.07, 6.45) is 0. The highest BCUT2D eigenvalue weighted by molar-refractivity contribution is 6.11. The van der Waals surface area contributed by atoms with E-state index in [0.29, 0.717) is 5.82 Å². The highest BCUT2D eigenvalue weighted by Gasteiger charge is 2.17.